The van der Waals surface area contributed by atoms with Gasteiger partial charge in [0.1, 0.15) is 11.4 Å². The molecule has 6 rings (SSSR count). The zero-order valence-corrected chi connectivity index (χ0v) is 17.4. The summed E-state index contributed by atoms with van der Waals surface area (Å²) in [4.78, 5) is 43.7. The molecule has 4 aliphatic rings. The van der Waals surface area contributed by atoms with Crippen molar-refractivity contribution < 1.29 is 18.8 Å². The SMILES string of the molecule is O=C1C2C3CCCN3C3(C(=O)Nc4ccc(Br)cc43)C2C(=O)N1c1ccccc1F. The molecule has 3 saturated heterocycles. The number of para-hydroxylation sites is 1. The summed E-state index contributed by atoms with van der Waals surface area (Å²) < 4.78 is 15.3. The summed E-state index contributed by atoms with van der Waals surface area (Å²) in [6.45, 7) is 0.636. The smallest absolute Gasteiger partial charge is 0.250 e. The lowest BCUT2D eigenvalue weighted by molar-refractivity contribution is -0.135. The lowest BCUT2D eigenvalue weighted by Crippen LogP contribution is -2.54. The Morgan fingerprint density at radius 2 is 1.90 bits per heavy atom. The minimum absolute atomic E-state index is 0.0468. The molecule has 4 atom stereocenters. The highest BCUT2D eigenvalue weighted by atomic mass is 79.9. The van der Waals surface area contributed by atoms with Gasteiger partial charge in [-0.3, -0.25) is 19.3 Å². The van der Waals surface area contributed by atoms with Gasteiger partial charge in [-0.05, 0) is 49.7 Å². The van der Waals surface area contributed by atoms with Crippen LogP contribution >= 0.6 is 15.9 Å². The molecule has 0 radical (unpaired) electrons. The van der Waals surface area contributed by atoms with Crippen molar-refractivity contribution in [2.45, 2.75) is 24.4 Å². The van der Waals surface area contributed by atoms with Gasteiger partial charge in [0.05, 0.1) is 17.5 Å². The first kappa shape index (κ1) is 18.2. The van der Waals surface area contributed by atoms with Gasteiger partial charge in [-0.1, -0.05) is 28.1 Å². The number of rotatable bonds is 1. The van der Waals surface area contributed by atoms with Crippen molar-refractivity contribution in [1.29, 1.82) is 0 Å². The maximum Gasteiger partial charge on any atom is 0.250 e. The molecule has 4 aliphatic heterocycles. The van der Waals surface area contributed by atoms with E-state index < -0.39 is 35.0 Å². The lowest BCUT2D eigenvalue weighted by atomic mass is 9.75. The predicted octanol–water partition coefficient (Wildman–Crippen LogP) is 3.02. The number of hydrogen-bond acceptors (Lipinski definition) is 4. The zero-order chi connectivity index (χ0) is 20.8. The molecule has 2 aromatic carbocycles. The van der Waals surface area contributed by atoms with Gasteiger partial charge >= 0.3 is 0 Å². The van der Waals surface area contributed by atoms with Gasteiger partial charge in [-0.25, -0.2) is 9.29 Å². The number of nitrogens with one attached hydrogen (secondary N) is 1. The minimum Gasteiger partial charge on any atom is -0.324 e. The number of halogens is 2. The van der Waals surface area contributed by atoms with Crippen LogP contribution in [-0.4, -0.2) is 35.2 Å². The van der Waals surface area contributed by atoms with Crippen LogP contribution in [0.3, 0.4) is 0 Å². The highest BCUT2D eigenvalue weighted by Crippen LogP contribution is 2.60. The summed E-state index contributed by atoms with van der Waals surface area (Å²) in [7, 11) is 0. The molecular weight excluding hydrogens is 453 g/mol. The van der Waals surface area contributed by atoms with E-state index in [1.165, 1.54) is 18.2 Å². The molecule has 0 aliphatic carbocycles. The predicted molar refractivity (Wildman–Crippen MR) is 110 cm³/mol. The van der Waals surface area contributed by atoms with Crippen molar-refractivity contribution in [3.8, 4) is 0 Å². The van der Waals surface area contributed by atoms with Gasteiger partial charge in [0.15, 0.2) is 0 Å². The van der Waals surface area contributed by atoms with E-state index in [2.05, 4.69) is 21.2 Å². The molecule has 0 aromatic heterocycles. The van der Waals surface area contributed by atoms with Crippen molar-refractivity contribution in [3.05, 3.63) is 58.3 Å². The first-order valence-corrected chi connectivity index (χ1v) is 10.8. The quantitative estimate of drug-likeness (QED) is 0.651. The molecule has 4 heterocycles. The van der Waals surface area contributed by atoms with Gasteiger partial charge in [-0.2, -0.15) is 0 Å². The maximum absolute atomic E-state index is 14.5. The number of hydrogen-bond donors (Lipinski definition) is 1. The summed E-state index contributed by atoms with van der Waals surface area (Å²) in [5, 5.41) is 2.93. The Hall–Kier alpha value is -2.58. The van der Waals surface area contributed by atoms with E-state index in [1.807, 2.05) is 17.0 Å². The molecular formula is C22H17BrFN3O3. The second-order valence-corrected chi connectivity index (χ2v) is 9.20. The Morgan fingerprint density at radius 1 is 1.10 bits per heavy atom. The van der Waals surface area contributed by atoms with Gasteiger partial charge in [0.2, 0.25) is 17.7 Å². The Bertz CT molecular complexity index is 1150. The van der Waals surface area contributed by atoms with Gasteiger partial charge in [-0.15, -0.1) is 0 Å². The summed E-state index contributed by atoms with van der Waals surface area (Å²) >= 11 is 3.48. The van der Waals surface area contributed by atoms with Crippen LogP contribution in [0.5, 0.6) is 0 Å². The molecule has 152 valence electrons. The number of amides is 3. The third-order valence-corrected chi connectivity index (χ3v) is 7.54. The second kappa shape index (κ2) is 5.98. The van der Waals surface area contributed by atoms with Crippen molar-refractivity contribution in [2.75, 3.05) is 16.8 Å². The Balaban J connectivity index is 1.58. The molecule has 1 N–H and O–H groups in total. The monoisotopic (exact) mass is 469 g/mol. The van der Waals surface area contributed by atoms with E-state index in [9.17, 15) is 18.8 Å². The van der Waals surface area contributed by atoms with E-state index in [0.29, 0.717) is 17.8 Å². The highest BCUT2D eigenvalue weighted by Gasteiger charge is 2.74. The third-order valence-electron chi connectivity index (χ3n) is 7.05. The number of carbonyl (C=O) groups is 3. The van der Waals surface area contributed by atoms with Gasteiger partial charge in [0.25, 0.3) is 0 Å². The average molecular weight is 470 g/mol. The van der Waals surface area contributed by atoms with E-state index in [4.69, 9.17) is 0 Å². The van der Waals surface area contributed by atoms with Crippen LogP contribution in [0.2, 0.25) is 0 Å². The summed E-state index contributed by atoms with van der Waals surface area (Å²) in [5.74, 6) is -3.39. The molecule has 0 bridgehead atoms. The zero-order valence-electron chi connectivity index (χ0n) is 15.8. The van der Waals surface area contributed by atoms with Crippen molar-refractivity contribution in [3.63, 3.8) is 0 Å². The van der Waals surface area contributed by atoms with E-state index in [0.717, 1.165) is 22.2 Å². The largest absolute Gasteiger partial charge is 0.324 e. The van der Waals surface area contributed by atoms with Gasteiger partial charge in [0, 0.05) is 21.8 Å². The molecule has 8 heteroatoms. The van der Waals surface area contributed by atoms with E-state index in [-0.39, 0.29) is 17.6 Å². The van der Waals surface area contributed by atoms with Gasteiger partial charge < -0.3 is 5.32 Å². The molecule has 2 aromatic rings. The normalized spacial score (nSPS) is 32.0. The molecule has 6 nitrogen and oxygen atoms in total. The molecule has 0 saturated carbocycles. The van der Waals surface area contributed by atoms with Crippen molar-refractivity contribution in [1.82, 2.24) is 4.90 Å². The number of benzene rings is 2. The molecule has 30 heavy (non-hydrogen) atoms. The van der Waals surface area contributed by atoms with Crippen LogP contribution in [0.15, 0.2) is 46.9 Å². The topological polar surface area (TPSA) is 69.7 Å². The highest BCUT2D eigenvalue weighted by molar-refractivity contribution is 9.10. The molecule has 3 fully saturated rings. The number of carbonyl (C=O) groups excluding carboxylic acids is 3. The Labute approximate surface area is 180 Å². The number of nitrogens with zero attached hydrogens (tertiary/aromatic N) is 2. The number of anilines is 2. The Kier molecular flexibility index (Phi) is 3.63. The number of imide groups is 1. The van der Waals surface area contributed by atoms with Crippen LogP contribution in [0.1, 0.15) is 18.4 Å². The third kappa shape index (κ3) is 1.98. The first-order chi connectivity index (χ1) is 14.5. The fraction of sp³-hybridized carbons (Fsp3) is 0.318. The van der Waals surface area contributed by atoms with E-state index in [1.54, 1.807) is 12.1 Å². The van der Waals surface area contributed by atoms with Crippen LogP contribution in [0, 0.1) is 17.7 Å². The van der Waals surface area contributed by atoms with Crippen molar-refractivity contribution >= 4 is 45.0 Å². The molecule has 4 unspecified atom stereocenters. The van der Waals surface area contributed by atoms with Crippen LogP contribution in [0.4, 0.5) is 15.8 Å². The maximum atomic E-state index is 14.5. The standard InChI is InChI=1S/C22H17BrFN3O3/c23-11-7-8-14-12(10-11)22(21(30)25-14)18-17(16-6-3-9-26(16)22)19(28)27(20(18)29)15-5-2-1-4-13(15)24/h1-2,4-5,7-8,10,16-18H,3,6,9H2,(H,25,30). The second-order valence-electron chi connectivity index (χ2n) is 8.28. The number of fused-ring (bicyclic) bond motifs is 7. The molecule has 1 spiro atoms. The summed E-state index contributed by atoms with van der Waals surface area (Å²) in [5.41, 5.74) is 0.0592. The van der Waals surface area contributed by atoms with Crippen LogP contribution in [0.25, 0.3) is 0 Å². The minimum atomic E-state index is -1.25. The summed E-state index contributed by atoms with van der Waals surface area (Å²) in [6.07, 6.45) is 1.57. The lowest BCUT2D eigenvalue weighted by Gasteiger charge is -2.36. The fourth-order valence-corrected chi connectivity index (χ4v) is 6.41. The van der Waals surface area contributed by atoms with Crippen LogP contribution in [-0.2, 0) is 19.9 Å². The Morgan fingerprint density at radius 3 is 2.70 bits per heavy atom. The van der Waals surface area contributed by atoms with Crippen LogP contribution < -0.4 is 10.2 Å². The molecule has 3 amide bonds. The van der Waals surface area contributed by atoms with E-state index >= 15 is 0 Å². The first-order valence-electron chi connectivity index (χ1n) is 9.97. The summed E-state index contributed by atoms with van der Waals surface area (Å²) in [6, 6.07) is 11.1. The fourth-order valence-electron chi connectivity index (χ4n) is 6.05. The average Bonchev–Trinajstić information content (AvgIpc) is 3.42. The van der Waals surface area contributed by atoms with Crippen molar-refractivity contribution in [2.24, 2.45) is 11.8 Å².